The molecule has 0 bridgehead atoms. The van der Waals surface area contributed by atoms with Crippen LogP contribution in [0.4, 0.5) is 0 Å². The largest absolute Gasteiger partial charge is 0.234 e. The summed E-state index contributed by atoms with van der Waals surface area (Å²) in [6, 6.07) is 0. The van der Waals surface area contributed by atoms with Crippen molar-refractivity contribution < 1.29 is 4.79 Å². The number of carbonyl (C=O) groups excluding carboxylic acids is 1. The molecule has 0 aliphatic carbocycles. The average molecular weight is 208 g/mol. The van der Waals surface area contributed by atoms with Crippen LogP contribution >= 0.6 is 0 Å². The van der Waals surface area contributed by atoms with Gasteiger partial charge >= 0.3 is 0 Å². The van der Waals surface area contributed by atoms with Gasteiger partial charge in [0.25, 0.3) is 0 Å². The molecule has 0 aromatic heterocycles. The zero-order chi connectivity index (χ0) is 11.2. The normalized spacial score (nSPS) is 10.5. The number of hydrogen-bond donors (Lipinski definition) is 0. The molecular weight excluding hydrogens is 184 g/mol. The molecule has 0 aliphatic rings. The molecular formula is C14H24O. The summed E-state index contributed by atoms with van der Waals surface area (Å²) in [6.45, 7) is 2.25. The maximum absolute atomic E-state index is 9.83. The summed E-state index contributed by atoms with van der Waals surface area (Å²) in [5.74, 6) is 1.74. The van der Waals surface area contributed by atoms with E-state index in [0.717, 1.165) is 6.42 Å². The first-order valence-corrected chi connectivity index (χ1v) is 6.27. The monoisotopic (exact) mass is 208 g/mol. The van der Waals surface area contributed by atoms with Gasteiger partial charge in [-0.05, 0) is 12.8 Å². The third-order valence-corrected chi connectivity index (χ3v) is 2.52. The third-order valence-electron chi connectivity index (χ3n) is 2.52. The van der Waals surface area contributed by atoms with Crippen LogP contribution in [0.3, 0.4) is 0 Å². The summed E-state index contributed by atoms with van der Waals surface area (Å²) >= 11 is 0. The third kappa shape index (κ3) is 13.2. The highest BCUT2D eigenvalue weighted by molar-refractivity contribution is 5.48. The van der Waals surface area contributed by atoms with Crippen molar-refractivity contribution in [2.75, 3.05) is 0 Å². The van der Waals surface area contributed by atoms with Crippen molar-refractivity contribution in [3.63, 3.8) is 0 Å². The van der Waals surface area contributed by atoms with Gasteiger partial charge in [-0.15, -0.1) is 0 Å². The first-order chi connectivity index (χ1) is 7.41. The second-order valence-corrected chi connectivity index (χ2v) is 3.98. The lowest BCUT2D eigenvalue weighted by atomic mass is 10.1. The van der Waals surface area contributed by atoms with Gasteiger partial charge in [0.1, 0.15) is 5.94 Å². The minimum atomic E-state index is 1.09. The highest BCUT2D eigenvalue weighted by Gasteiger charge is 1.89. The second-order valence-electron chi connectivity index (χ2n) is 3.98. The Balaban J connectivity index is 3.01. The van der Waals surface area contributed by atoms with Crippen LogP contribution in [0.15, 0.2) is 18.2 Å². The van der Waals surface area contributed by atoms with E-state index in [9.17, 15) is 4.79 Å². The van der Waals surface area contributed by atoms with Crippen LogP contribution in [0.25, 0.3) is 0 Å². The molecule has 0 N–H and O–H groups in total. The van der Waals surface area contributed by atoms with Crippen molar-refractivity contribution in [1.29, 1.82) is 0 Å². The van der Waals surface area contributed by atoms with Crippen molar-refractivity contribution in [1.82, 2.24) is 0 Å². The Hall–Kier alpha value is -0.810. The summed E-state index contributed by atoms with van der Waals surface area (Å²) in [6.07, 6.45) is 17.2. The van der Waals surface area contributed by atoms with E-state index in [0.29, 0.717) is 0 Å². The van der Waals surface area contributed by atoms with E-state index in [1.807, 2.05) is 6.08 Å². The molecule has 0 spiro atoms. The molecule has 0 saturated heterocycles. The van der Waals surface area contributed by atoms with Crippen molar-refractivity contribution in [2.45, 2.75) is 64.7 Å². The Morgan fingerprint density at radius 2 is 1.53 bits per heavy atom. The van der Waals surface area contributed by atoms with Gasteiger partial charge in [0.05, 0.1) is 0 Å². The fraction of sp³-hybridized carbons (Fsp3) is 0.714. The summed E-state index contributed by atoms with van der Waals surface area (Å²) in [5.41, 5.74) is 0. The lowest BCUT2D eigenvalue weighted by Crippen LogP contribution is -1.79. The van der Waals surface area contributed by atoms with Gasteiger partial charge in [0.2, 0.25) is 0 Å². The van der Waals surface area contributed by atoms with Crippen molar-refractivity contribution in [3.05, 3.63) is 18.2 Å². The van der Waals surface area contributed by atoms with E-state index >= 15 is 0 Å². The van der Waals surface area contributed by atoms with Gasteiger partial charge in [0.15, 0.2) is 0 Å². The Morgan fingerprint density at radius 1 is 0.933 bits per heavy atom. The van der Waals surface area contributed by atoms with Gasteiger partial charge in [-0.1, -0.05) is 64.0 Å². The predicted octanol–water partition coefficient (Wildman–Crippen LogP) is 4.46. The van der Waals surface area contributed by atoms with Crippen LogP contribution < -0.4 is 0 Å². The maximum atomic E-state index is 9.83. The lowest BCUT2D eigenvalue weighted by molar-refractivity contribution is 0.569. The van der Waals surface area contributed by atoms with Crippen LogP contribution in [-0.4, -0.2) is 5.94 Å². The molecule has 0 radical (unpaired) electrons. The van der Waals surface area contributed by atoms with Crippen LogP contribution in [0.1, 0.15) is 64.7 Å². The molecule has 0 rings (SSSR count). The Kier molecular flexibility index (Phi) is 12.5. The van der Waals surface area contributed by atoms with E-state index < -0.39 is 0 Å². The average Bonchev–Trinajstić information content (AvgIpc) is 2.26. The minimum absolute atomic E-state index is 1.09. The topological polar surface area (TPSA) is 17.1 Å². The second kappa shape index (κ2) is 13.2. The SMILES string of the molecule is CCCCCCCCCCC=CC=C=O. The Labute approximate surface area is 94.3 Å². The number of rotatable bonds is 10. The fourth-order valence-corrected chi connectivity index (χ4v) is 1.60. The Morgan fingerprint density at radius 3 is 2.13 bits per heavy atom. The molecule has 0 aromatic rings. The first kappa shape index (κ1) is 14.2. The quantitative estimate of drug-likeness (QED) is 0.294. The molecule has 0 unspecified atom stereocenters. The molecule has 0 fully saturated rings. The molecule has 1 nitrogen and oxygen atoms in total. The maximum Gasteiger partial charge on any atom is 0.124 e. The zero-order valence-corrected chi connectivity index (χ0v) is 10.0. The lowest BCUT2D eigenvalue weighted by Gasteiger charge is -1.99. The van der Waals surface area contributed by atoms with Gasteiger partial charge in [-0.25, -0.2) is 4.79 Å². The summed E-state index contributed by atoms with van der Waals surface area (Å²) < 4.78 is 0. The highest BCUT2D eigenvalue weighted by Crippen LogP contribution is 2.09. The van der Waals surface area contributed by atoms with Gasteiger partial charge in [-0.2, -0.15) is 0 Å². The number of unbranched alkanes of at least 4 members (excludes halogenated alkanes) is 8. The molecule has 1 heteroatoms. The summed E-state index contributed by atoms with van der Waals surface area (Å²) in [5, 5.41) is 0. The molecule has 0 atom stereocenters. The molecule has 0 amide bonds. The molecule has 0 aromatic carbocycles. The summed E-state index contributed by atoms with van der Waals surface area (Å²) in [7, 11) is 0. The van der Waals surface area contributed by atoms with Crippen molar-refractivity contribution in [3.8, 4) is 0 Å². The number of hydrogen-bond acceptors (Lipinski definition) is 1. The van der Waals surface area contributed by atoms with Gasteiger partial charge < -0.3 is 0 Å². The van der Waals surface area contributed by atoms with E-state index in [-0.39, 0.29) is 0 Å². The minimum Gasteiger partial charge on any atom is -0.234 e. The predicted molar refractivity (Wildman–Crippen MR) is 66.6 cm³/mol. The van der Waals surface area contributed by atoms with Crippen molar-refractivity contribution >= 4 is 5.94 Å². The van der Waals surface area contributed by atoms with E-state index in [4.69, 9.17) is 0 Å². The summed E-state index contributed by atoms with van der Waals surface area (Å²) in [4.78, 5) is 9.83. The fourth-order valence-electron chi connectivity index (χ4n) is 1.60. The molecule has 0 aliphatic heterocycles. The Bertz CT molecular complexity index is 188. The smallest absolute Gasteiger partial charge is 0.124 e. The van der Waals surface area contributed by atoms with Crippen LogP contribution in [0.5, 0.6) is 0 Å². The highest BCUT2D eigenvalue weighted by atomic mass is 16.1. The van der Waals surface area contributed by atoms with Crippen LogP contribution in [0, 0.1) is 0 Å². The molecule has 15 heavy (non-hydrogen) atoms. The van der Waals surface area contributed by atoms with Crippen LogP contribution in [0.2, 0.25) is 0 Å². The van der Waals surface area contributed by atoms with Gasteiger partial charge in [0, 0.05) is 6.08 Å². The van der Waals surface area contributed by atoms with E-state index in [1.54, 1.807) is 12.0 Å². The first-order valence-electron chi connectivity index (χ1n) is 6.27. The molecule has 0 saturated carbocycles. The van der Waals surface area contributed by atoms with Crippen molar-refractivity contribution in [2.24, 2.45) is 0 Å². The molecule has 86 valence electrons. The molecule has 0 heterocycles. The zero-order valence-electron chi connectivity index (χ0n) is 10.0. The number of allylic oxidation sites excluding steroid dienone is 3. The standard InChI is InChI=1S/C14H24O/c1-2-3-4-5-6-7-8-9-10-11-12-13-14-15/h11-13H,2-10H2,1H3. The van der Waals surface area contributed by atoms with Crippen LogP contribution in [-0.2, 0) is 4.79 Å². The van der Waals surface area contributed by atoms with E-state index in [2.05, 4.69) is 6.92 Å². The van der Waals surface area contributed by atoms with Gasteiger partial charge in [-0.3, -0.25) is 0 Å². The van der Waals surface area contributed by atoms with E-state index in [1.165, 1.54) is 57.4 Å².